The number of aliphatic hydroxyl groups excluding tert-OH is 1. The average molecular weight is 764 g/mol. The van der Waals surface area contributed by atoms with Crippen LogP contribution in [0.4, 0.5) is 27.9 Å². The number of amides is 1. The summed E-state index contributed by atoms with van der Waals surface area (Å²) in [4.78, 5) is 23.2. The molecule has 4 N–H and O–H groups in total. The fraction of sp³-hybridized carbons (Fsp3) is 0.618. The van der Waals surface area contributed by atoms with Gasteiger partial charge in [-0.15, -0.1) is 5.10 Å². The van der Waals surface area contributed by atoms with Crippen LogP contribution in [0, 0.1) is 18.3 Å². The predicted molar refractivity (Wildman–Crippen MR) is 196 cm³/mol. The zero-order valence-electron chi connectivity index (χ0n) is 30.5. The first kappa shape index (κ1) is 41.7. The molecule has 1 amide bonds. The quantitative estimate of drug-likeness (QED) is 0.0967. The summed E-state index contributed by atoms with van der Waals surface area (Å²) < 4.78 is 38.9. The lowest BCUT2D eigenvalue weighted by Crippen LogP contribution is -2.54. The van der Waals surface area contributed by atoms with Gasteiger partial charge in [0, 0.05) is 26.7 Å². The number of piperidine rings is 1. The molecule has 1 aliphatic heterocycles. The molecule has 19 heteroatoms. The number of rotatable bonds is 24. The molecule has 0 aliphatic carbocycles. The number of aliphatic hydroxyl groups is 1. The highest BCUT2D eigenvalue weighted by Crippen LogP contribution is 2.37. The van der Waals surface area contributed by atoms with Gasteiger partial charge in [-0.1, -0.05) is 11.6 Å². The molecule has 1 saturated heterocycles. The summed E-state index contributed by atoms with van der Waals surface area (Å²) in [6.07, 6.45) is 0.534. The van der Waals surface area contributed by atoms with Crippen LogP contribution in [-0.2, 0) is 33.2 Å². The first-order valence-corrected chi connectivity index (χ1v) is 17.9. The van der Waals surface area contributed by atoms with Crippen molar-refractivity contribution >= 4 is 46.5 Å². The van der Waals surface area contributed by atoms with E-state index >= 15 is 0 Å². The molecule has 1 aliphatic rings. The number of carbonyl (C=O) groups is 1. The number of ether oxygens (including phenoxy) is 7. The number of benzene rings is 1. The SMILES string of the molecule is CCNc1nc(Nc2cc(C#N)cc(N3CC[C@@H](NC(=O)OCCOCCOCCOCCOCCOCCOC)[C@H](O)C3)c2Cl)nn2c(C)cnc12. The van der Waals surface area contributed by atoms with Gasteiger partial charge in [0.05, 0.1) is 125 Å². The Morgan fingerprint density at radius 2 is 1.62 bits per heavy atom. The fourth-order valence-electron chi connectivity index (χ4n) is 5.27. The minimum Gasteiger partial charge on any atom is -0.447 e. The molecule has 3 heterocycles. The number of hydrogen-bond acceptors (Lipinski definition) is 16. The summed E-state index contributed by atoms with van der Waals surface area (Å²) >= 11 is 6.87. The lowest BCUT2D eigenvalue weighted by molar-refractivity contribution is -0.0169. The van der Waals surface area contributed by atoms with Crippen molar-refractivity contribution in [3.8, 4) is 6.07 Å². The van der Waals surface area contributed by atoms with E-state index in [2.05, 4.69) is 37.1 Å². The van der Waals surface area contributed by atoms with E-state index in [-0.39, 0.29) is 25.7 Å². The summed E-state index contributed by atoms with van der Waals surface area (Å²) in [7, 11) is 1.63. The molecule has 0 spiro atoms. The number of fused-ring (bicyclic) bond motifs is 1. The van der Waals surface area contributed by atoms with Crippen LogP contribution in [0.2, 0.25) is 5.02 Å². The number of aromatic nitrogens is 4. The smallest absolute Gasteiger partial charge is 0.407 e. The van der Waals surface area contributed by atoms with Crippen molar-refractivity contribution in [2.24, 2.45) is 0 Å². The lowest BCUT2D eigenvalue weighted by atomic mass is 10.0. The Labute approximate surface area is 313 Å². The number of carbonyl (C=O) groups excluding carboxylic acids is 1. The van der Waals surface area contributed by atoms with Crippen molar-refractivity contribution in [3.63, 3.8) is 0 Å². The van der Waals surface area contributed by atoms with Crippen LogP contribution < -0.4 is 20.9 Å². The highest BCUT2D eigenvalue weighted by molar-refractivity contribution is 6.36. The minimum absolute atomic E-state index is 0.0424. The summed E-state index contributed by atoms with van der Waals surface area (Å²) in [5, 5.41) is 34.7. The molecule has 1 aromatic carbocycles. The van der Waals surface area contributed by atoms with Gasteiger partial charge in [0.15, 0.2) is 11.5 Å². The average Bonchev–Trinajstić information content (AvgIpc) is 3.53. The van der Waals surface area contributed by atoms with Gasteiger partial charge in [0.1, 0.15) is 6.61 Å². The molecule has 1 fully saturated rings. The number of hydrogen-bond donors (Lipinski definition) is 4. The van der Waals surface area contributed by atoms with Crippen molar-refractivity contribution in [1.82, 2.24) is 24.9 Å². The normalized spacial score (nSPS) is 15.7. The monoisotopic (exact) mass is 763 g/mol. The first-order chi connectivity index (χ1) is 25.8. The maximum absolute atomic E-state index is 12.4. The number of β-amino-alcohol motifs (C(OH)–C–C–N with tert-alkyl or cyclic N) is 1. The Morgan fingerprint density at radius 1 is 1.00 bits per heavy atom. The molecule has 2 aromatic heterocycles. The fourth-order valence-corrected chi connectivity index (χ4v) is 5.55. The number of aryl methyl sites for hydroxylation is 1. The van der Waals surface area contributed by atoms with Gasteiger partial charge in [-0.3, -0.25) is 0 Å². The van der Waals surface area contributed by atoms with Gasteiger partial charge >= 0.3 is 6.09 Å². The summed E-state index contributed by atoms with van der Waals surface area (Å²) in [5.41, 5.74) is 2.74. The number of imidazole rings is 1. The zero-order chi connectivity index (χ0) is 37.8. The lowest BCUT2D eigenvalue weighted by Gasteiger charge is -2.38. The van der Waals surface area contributed by atoms with E-state index in [1.54, 1.807) is 30.0 Å². The van der Waals surface area contributed by atoms with Gasteiger partial charge in [-0.25, -0.2) is 14.3 Å². The number of nitrogens with one attached hydrogen (secondary N) is 3. The summed E-state index contributed by atoms with van der Waals surface area (Å²) in [6, 6.07) is 4.91. The number of halogens is 1. The Bertz CT molecular complexity index is 1610. The number of nitriles is 1. The van der Waals surface area contributed by atoms with Gasteiger partial charge in [0.2, 0.25) is 5.95 Å². The molecular formula is C34H50ClN9O9. The van der Waals surface area contributed by atoms with E-state index < -0.39 is 18.2 Å². The molecule has 0 radical (unpaired) electrons. The second-order valence-corrected chi connectivity index (χ2v) is 12.2. The van der Waals surface area contributed by atoms with E-state index in [0.29, 0.717) is 119 Å². The summed E-state index contributed by atoms with van der Waals surface area (Å²) in [5.74, 6) is 0.806. The van der Waals surface area contributed by atoms with E-state index in [1.165, 1.54) is 0 Å². The van der Waals surface area contributed by atoms with Crippen LogP contribution in [0.1, 0.15) is 24.6 Å². The van der Waals surface area contributed by atoms with Crippen molar-refractivity contribution < 1.29 is 43.1 Å². The van der Waals surface area contributed by atoms with Crippen LogP contribution in [0.25, 0.3) is 5.65 Å². The number of anilines is 4. The van der Waals surface area contributed by atoms with Crippen LogP contribution in [0.5, 0.6) is 0 Å². The molecule has 2 atom stereocenters. The molecule has 292 valence electrons. The molecule has 3 aromatic rings. The predicted octanol–water partition coefficient (Wildman–Crippen LogP) is 2.53. The molecule has 0 bridgehead atoms. The standard InChI is InChI=1S/C34H50ClN9O9/c1-4-37-31-32-38-22-24(2)44(32)42-33(41-31)39-27-19-25(21-36)20-28(30(27)35)43-6-5-26(29(45)23-43)40-34(46)53-18-17-52-16-15-51-14-13-50-12-11-49-10-9-48-8-7-47-3/h19-20,22,26,29,45H,4-18,23H2,1-3H3,(H,40,46)(H2,37,39,41,42)/t26-,29-/m1/s1. The molecule has 0 unspecified atom stereocenters. The Kier molecular flexibility index (Phi) is 18.0. The van der Waals surface area contributed by atoms with Gasteiger partial charge in [0.25, 0.3) is 0 Å². The van der Waals surface area contributed by atoms with Crippen LogP contribution in [0.3, 0.4) is 0 Å². The third-order valence-electron chi connectivity index (χ3n) is 7.91. The molecule has 18 nitrogen and oxygen atoms in total. The third-order valence-corrected chi connectivity index (χ3v) is 8.31. The van der Waals surface area contributed by atoms with E-state index in [9.17, 15) is 15.2 Å². The number of methoxy groups -OCH3 is 1. The van der Waals surface area contributed by atoms with Crippen LogP contribution in [-0.4, -0.2) is 149 Å². The van der Waals surface area contributed by atoms with Gasteiger partial charge < -0.3 is 59.1 Å². The zero-order valence-corrected chi connectivity index (χ0v) is 31.2. The van der Waals surface area contributed by atoms with E-state index in [0.717, 1.165) is 5.69 Å². The van der Waals surface area contributed by atoms with Gasteiger partial charge in [-0.05, 0) is 32.4 Å². The Hall–Kier alpha value is -4.06. The number of nitrogens with zero attached hydrogens (tertiary/aromatic N) is 6. The van der Waals surface area contributed by atoms with E-state index in [1.807, 2.05) is 18.7 Å². The second kappa shape index (κ2) is 22.9. The first-order valence-electron chi connectivity index (χ1n) is 17.5. The largest absolute Gasteiger partial charge is 0.447 e. The van der Waals surface area contributed by atoms with Crippen molar-refractivity contribution in [2.45, 2.75) is 32.4 Å². The van der Waals surface area contributed by atoms with Crippen molar-refractivity contribution in [2.75, 3.05) is 122 Å². The topological polar surface area (TPSA) is 208 Å². The minimum atomic E-state index is -0.928. The highest BCUT2D eigenvalue weighted by Gasteiger charge is 2.31. The molecule has 0 saturated carbocycles. The molecule has 4 rings (SSSR count). The van der Waals surface area contributed by atoms with Gasteiger partial charge in [-0.2, -0.15) is 10.2 Å². The van der Waals surface area contributed by atoms with Crippen LogP contribution >= 0.6 is 11.6 Å². The second-order valence-electron chi connectivity index (χ2n) is 11.8. The van der Waals surface area contributed by atoms with E-state index in [4.69, 9.17) is 44.8 Å². The molecule has 53 heavy (non-hydrogen) atoms. The van der Waals surface area contributed by atoms with Crippen LogP contribution in [0.15, 0.2) is 18.3 Å². The highest BCUT2D eigenvalue weighted by atomic mass is 35.5. The third kappa shape index (κ3) is 13.4. The maximum Gasteiger partial charge on any atom is 0.407 e. The number of alkyl carbamates (subject to hydrolysis) is 1. The Balaban J connectivity index is 1.13. The molecular weight excluding hydrogens is 714 g/mol. The summed E-state index contributed by atoms with van der Waals surface area (Å²) in [6.45, 7) is 9.99. The maximum atomic E-state index is 12.4. The Morgan fingerprint density at radius 3 is 2.21 bits per heavy atom. The van der Waals surface area contributed by atoms with Crippen molar-refractivity contribution in [3.05, 3.63) is 34.6 Å². The van der Waals surface area contributed by atoms with Crippen molar-refractivity contribution in [1.29, 1.82) is 5.26 Å².